The highest BCUT2D eigenvalue weighted by molar-refractivity contribution is 7.08. The molecular formula is C20H16F3N3O2S. The van der Waals surface area contributed by atoms with Crippen LogP contribution in [0.4, 0.5) is 18.9 Å². The number of ether oxygens (including phenoxy) is 1. The molecule has 0 radical (unpaired) electrons. The van der Waals surface area contributed by atoms with E-state index in [0.29, 0.717) is 16.3 Å². The first-order valence-corrected chi connectivity index (χ1v) is 9.62. The van der Waals surface area contributed by atoms with Crippen LogP contribution in [-0.2, 0) is 6.18 Å². The van der Waals surface area contributed by atoms with Crippen molar-refractivity contribution in [2.24, 2.45) is 0 Å². The number of nitrogens with zero attached hydrogens (tertiary/aromatic N) is 2. The van der Waals surface area contributed by atoms with E-state index in [1.165, 1.54) is 6.07 Å². The van der Waals surface area contributed by atoms with Gasteiger partial charge in [-0.3, -0.25) is 9.78 Å². The van der Waals surface area contributed by atoms with Crippen LogP contribution in [0, 0.1) is 0 Å². The Morgan fingerprint density at radius 2 is 2.03 bits per heavy atom. The maximum absolute atomic E-state index is 12.9. The maximum atomic E-state index is 12.9. The van der Waals surface area contributed by atoms with Gasteiger partial charge in [-0.05, 0) is 54.6 Å². The molecule has 0 saturated heterocycles. The van der Waals surface area contributed by atoms with Crippen LogP contribution in [0.2, 0.25) is 0 Å². The third-order valence-electron chi connectivity index (χ3n) is 4.57. The Bertz CT molecular complexity index is 1060. The molecule has 0 unspecified atom stereocenters. The fourth-order valence-corrected chi connectivity index (χ4v) is 3.92. The molecule has 4 rings (SSSR count). The van der Waals surface area contributed by atoms with Gasteiger partial charge in [-0.2, -0.15) is 17.5 Å². The molecule has 0 aliphatic heterocycles. The molecule has 29 heavy (non-hydrogen) atoms. The third kappa shape index (κ3) is 4.09. The molecule has 5 nitrogen and oxygen atoms in total. The van der Waals surface area contributed by atoms with Gasteiger partial charge in [0.1, 0.15) is 16.3 Å². The molecule has 2 aromatic heterocycles. The molecule has 0 bridgehead atoms. The number of methoxy groups -OCH3 is 1. The van der Waals surface area contributed by atoms with Gasteiger partial charge in [-0.25, -0.2) is 0 Å². The maximum Gasteiger partial charge on any atom is 0.433 e. The number of alkyl halides is 3. The molecule has 1 saturated carbocycles. The Balaban J connectivity index is 1.65. The van der Waals surface area contributed by atoms with E-state index in [-0.39, 0.29) is 11.6 Å². The van der Waals surface area contributed by atoms with Crippen molar-refractivity contribution in [1.82, 2.24) is 9.36 Å². The van der Waals surface area contributed by atoms with Crippen LogP contribution in [0.25, 0.3) is 11.3 Å². The monoisotopic (exact) mass is 419 g/mol. The number of hydrogen-bond donors (Lipinski definition) is 1. The van der Waals surface area contributed by atoms with Crippen molar-refractivity contribution in [3.63, 3.8) is 0 Å². The van der Waals surface area contributed by atoms with Crippen molar-refractivity contribution in [2.75, 3.05) is 12.4 Å². The highest BCUT2D eigenvalue weighted by Crippen LogP contribution is 2.47. The molecular weight excluding hydrogens is 403 g/mol. The molecule has 2 heterocycles. The first-order chi connectivity index (χ1) is 13.9. The summed E-state index contributed by atoms with van der Waals surface area (Å²) < 4.78 is 48.3. The topological polar surface area (TPSA) is 64.1 Å². The second kappa shape index (κ2) is 7.47. The number of benzene rings is 1. The van der Waals surface area contributed by atoms with Crippen LogP contribution >= 0.6 is 11.5 Å². The predicted octanol–water partition coefficient (Wildman–Crippen LogP) is 5.36. The Labute approximate surface area is 168 Å². The van der Waals surface area contributed by atoms with E-state index in [1.54, 1.807) is 7.11 Å². The minimum atomic E-state index is -4.58. The van der Waals surface area contributed by atoms with Gasteiger partial charge in [0.15, 0.2) is 0 Å². The lowest BCUT2D eigenvalue weighted by Gasteiger charge is -2.09. The van der Waals surface area contributed by atoms with Crippen molar-refractivity contribution in [3.8, 4) is 17.0 Å². The summed E-state index contributed by atoms with van der Waals surface area (Å²) in [5.41, 5.74) is 1.37. The van der Waals surface area contributed by atoms with E-state index in [2.05, 4.69) is 14.7 Å². The molecule has 9 heteroatoms. The minimum absolute atomic E-state index is 0.0374. The smallest absolute Gasteiger partial charge is 0.433 e. The lowest BCUT2D eigenvalue weighted by atomic mass is 10.0. The van der Waals surface area contributed by atoms with Gasteiger partial charge < -0.3 is 10.1 Å². The largest absolute Gasteiger partial charge is 0.497 e. The van der Waals surface area contributed by atoms with Crippen molar-refractivity contribution in [3.05, 3.63) is 58.7 Å². The number of carbonyl (C=O) groups is 1. The molecule has 0 atom stereocenters. The van der Waals surface area contributed by atoms with Crippen LogP contribution in [0.15, 0.2) is 42.6 Å². The number of pyridine rings is 1. The molecule has 1 aliphatic carbocycles. The summed E-state index contributed by atoms with van der Waals surface area (Å²) in [5.74, 6) is 0.427. The molecule has 150 valence electrons. The predicted molar refractivity (Wildman–Crippen MR) is 103 cm³/mol. The first kappa shape index (κ1) is 19.4. The van der Waals surface area contributed by atoms with Gasteiger partial charge in [0.05, 0.1) is 12.8 Å². The Kier molecular flexibility index (Phi) is 4.99. The fourth-order valence-electron chi connectivity index (χ4n) is 3.04. The number of nitrogens with one attached hydrogen (secondary N) is 1. The average Bonchev–Trinajstić information content (AvgIpc) is 3.45. The Morgan fingerprint density at radius 1 is 1.24 bits per heavy atom. The average molecular weight is 419 g/mol. The summed E-state index contributed by atoms with van der Waals surface area (Å²) in [6, 6.07) is 9.55. The lowest BCUT2D eigenvalue weighted by Crippen LogP contribution is -2.14. The van der Waals surface area contributed by atoms with Gasteiger partial charge >= 0.3 is 6.18 Å². The third-order valence-corrected chi connectivity index (χ3v) is 5.43. The van der Waals surface area contributed by atoms with Crippen LogP contribution in [-0.4, -0.2) is 22.4 Å². The molecule has 1 N–H and O–H groups in total. The highest BCUT2D eigenvalue weighted by Gasteiger charge is 2.35. The fraction of sp³-hybridized carbons (Fsp3) is 0.250. The molecule has 3 aromatic rings. The zero-order valence-electron chi connectivity index (χ0n) is 15.3. The van der Waals surface area contributed by atoms with Crippen LogP contribution in [0.1, 0.15) is 39.7 Å². The summed E-state index contributed by atoms with van der Waals surface area (Å²) in [6.07, 6.45) is -1.66. The van der Waals surface area contributed by atoms with Gasteiger partial charge in [-0.15, -0.1) is 0 Å². The number of anilines is 1. The van der Waals surface area contributed by atoms with Crippen LogP contribution < -0.4 is 10.1 Å². The minimum Gasteiger partial charge on any atom is -0.497 e. The summed E-state index contributed by atoms with van der Waals surface area (Å²) in [7, 11) is 1.57. The molecule has 1 fully saturated rings. The SMILES string of the molecule is COc1cccc(-c2nsc(C(=O)Nc3ccnc(C(F)(F)F)c3)c2C2CC2)c1. The number of amides is 1. The Hall–Kier alpha value is -2.94. The van der Waals surface area contributed by atoms with E-state index in [4.69, 9.17) is 4.74 Å². The zero-order valence-corrected chi connectivity index (χ0v) is 16.1. The van der Waals surface area contributed by atoms with E-state index in [9.17, 15) is 18.0 Å². The number of carbonyl (C=O) groups excluding carboxylic acids is 1. The second-order valence-electron chi connectivity index (χ2n) is 6.66. The van der Waals surface area contributed by atoms with Crippen LogP contribution in [0.3, 0.4) is 0 Å². The van der Waals surface area contributed by atoms with Crippen molar-refractivity contribution in [1.29, 1.82) is 0 Å². The summed E-state index contributed by atoms with van der Waals surface area (Å²) >= 11 is 1.05. The number of aromatic nitrogens is 2. The molecule has 1 amide bonds. The van der Waals surface area contributed by atoms with Crippen molar-refractivity contribution in [2.45, 2.75) is 24.9 Å². The van der Waals surface area contributed by atoms with Gasteiger partial charge in [0.2, 0.25) is 0 Å². The van der Waals surface area contributed by atoms with E-state index < -0.39 is 17.8 Å². The van der Waals surface area contributed by atoms with Crippen molar-refractivity contribution >= 4 is 23.1 Å². The van der Waals surface area contributed by atoms with E-state index in [0.717, 1.165) is 47.8 Å². The quantitative estimate of drug-likeness (QED) is 0.605. The molecule has 0 spiro atoms. The Morgan fingerprint density at radius 3 is 2.72 bits per heavy atom. The van der Waals surface area contributed by atoms with E-state index >= 15 is 0 Å². The molecule has 1 aromatic carbocycles. The number of rotatable bonds is 5. The van der Waals surface area contributed by atoms with E-state index in [1.807, 2.05) is 24.3 Å². The first-order valence-electron chi connectivity index (χ1n) is 8.85. The summed E-state index contributed by atoms with van der Waals surface area (Å²) in [4.78, 5) is 16.6. The van der Waals surface area contributed by atoms with Gasteiger partial charge in [-0.1, -0.05) is 12.1 Å². The zero-order chi connectivity index (χ0) is 20.6. The highest BCUT2D eigenvalue weighted by atomic mass is 32.1. The lowest BCUT2D eigenvalue weighted by molar-refractivity contribution is -0.141. The van der Waals surface area contributed by atoms with Crippen molar-refractivity contribution < 1.29 is 22.7 Å². The van der Waals surface area contributed by atoms with Gasteiger partial charge in [0, 0.05) is 23.0 Å². The van der Waals surface area contributed by atoms with Gasteiger partial charge in [0.25, 0.3) is 5.91 Å². The molecule has 1 aliphatic rings. The number of hydrogen-bond acceptors (Lipinski definition) is 5. The second-order valence-corrected chi connectivity index (χ2v) is 7.44. The number of halogens is 3. The summed E-state index contributed by atoms with van der Waals surface area (Å²) in [6.45, 7) is 0. The van der Waals surface area contributed by atoms with Crippen LogP contribution in [0.5, 0.6) is 5.75 Å². The summed E-state index contributed by atoms with van der Waals surface area (Å²) in [5, 5.41) is 2.55. The standard InChI is InChI=1S/C20H16F3N3O2S/c1-28-14-4-2-3-12(9-14)17-16(11-5-6-11)18(29-26-17)19(27)25-13-7-8-24-15(10-13)20(21,22)23/h2-4,7-11H,5-6H2,1H3,(H,24,25,27). The normalized spacial score (nSPS) is 13.9.